The van der Waals surface area contributed by atoms with Gasteiger partial charge in [-0.25, -0.2) is 0 Å². The first-order valence-electron chi connectivity index (χ1n) is 7.84. The van der Waals surface area contributed by atoms with Crippen molar-refractivity contribution in [3.63, 3.8) is 0 Å². The van der Waals surface area contributed by atoms with E-state index in [-0.39, 0.29) is 5.38 Å². The quantitative estimate of drug-likeness (QED) is 0.674. The van der Waals surface area contributed by atoms with E-state index in [1.807, 2.05) is 0 Å². The van der Waals surface area contributed by atoms with E-state index in [2.05, 4.69) is 76.0 Å². The fourth-order valence-corrected chi connectivity index (χ4v) is 3.60. The normalized spacial score (nSPS) is 12.7. The van der Waals surface area contributed by atoms with Crippen LogP contribution in [0.5, 0.6) is 0 Å². The van der Waals surface area contributed by atoms with Gasteiger partial charge in [0.05, 0.1) is 5.38 Å². The van der Waals surface area contributed by atoms with Gasteiger partial charge in [-0.1, -0.05) is 36.4 Å². The zero-order valence-electron chi connectivity index (χ0n) is 14.3. The largest absolute Gasteiger partial charge is 0.300 e. The second-order valence-corrected chi connectivity index (χ2v) is 6.85. The zero-order valence-corrected chi connectivity index (χ0v) is 15.0. The van der Waals surface area contributed by atoms with Crippen molar-refractivity contribution in [3.05, 3.63) is 69.8 Å². The van der Waals surface area contributed by atoms with Crippen LogP contribution in [0.2, 0.25) is 0 Å². The van der Waals surface area contributed by atoms with Crippen LogP contribution in [0.4, 0.5) is 0 Å². The van der Waals surface area contributed by atoms with Gasteiger partial charge in [0.25, 0.3) is 0 Å². The molecule has 0 bridgehead atoms. The Kier molecular flexibility index (Phi) is 5.66. The number of benzene rings is 2. The molecule has 22 heavy (non-hydrogen) atoms. The molecule has 0 aliphatic heterocycles. The van der Waals surface area contributed by atoms with Gasteiger partial charge in [0.1, 0.15) is 0 Å². The van der Waals surface area contributed by atoms with Gasteiger partial charge < -0.3 is 4.90 Å². The third kappa shape index (κ3) is 3.91. The molecule has 2 aromatic carbocycles. The second-order valence-electron chi connectivity index (χ2n) is 6.32. The summed E-state index contributed by atoms with van der Waals surface area (Å²) < 4.78 is 0. The van der Waals surface area contributed by atoms with Gasteiger partial charge in [0.2, 0.25) is 0 Å². The Morgan fingerprint density at radius 3 is 2.05 bits per heavy atom. The van der Waals surface area contributed by atoms with E-state index in [9.17, 15) is 0 Å². The van der Waals surface area contributed by atoms with Crippen LogP contribution in [-0.4, -0.2) is 18.5 Å². The monoisotopic (exact) mass is 315 g/mol. The van der Waals surface area contributed by atoms with Gasteiger partial charge in [-0.05, 0) is 68.1 Å². The lowest BCUT2D eigenvalue weighted by molar-refractivity contribution is 0.326. The molecule has 0 heterocycles. The highest BCUT2D eigenvalue weighted by molar-refractivity contribution is 6.21. The first-order chi connectivity index (χ1) is 10.4. The average molecular weight is 316 g/mol. The highest BCUT2D eigenvalue weighted by Gasteiger charge is 2.18. The highest BCUT2D eigenvalue weighted by atomic mass is 35.5. The van der Waals surface area contributed by atoms with E-state index in [0.717, 1.165) is 13.1 Å². The van der Waals surface area contributed by atoms with Crippen LogP contribution >= 0.6 is 11.6 Å². The number of alkyl halides is 1. The summed E-state index contributed by atoms with van der Waals surface area (Å²) in [5.41, 5.74) is 7.94. The van der Waals surface area contributed by atoms with E-state index in [1.165, 1.54) is 33.4 Å². The molecule has 1 unspecified atom stereocenters. The molecule has 0 amide bonds. The number of rotatable bonds is 5. The van der Waals surface area contributed by atoms with Gasteiger partial charge in [0, 0.05) is 13.1 Å². The number of aryl methyl sites for hydroxylation is 2. The van der Waals surface area contributed by atoms with Crippen LogP contribution in [0, 0.1) is 27.7 Å². The molecule has 2 rings (SSSR count). The number of hydrogen-bond donors (Lipinski definition) is 0. The Balaban J connectivity index is 2.14. The summed E-state index contributed by atoms with van der Waals surface area (Å²) in [5.74, 6) is 0. The SMILES string of the molecule is Cc1cc(C)c(C)c(C(Cl)CN(C)Cc2ccccc2)c1C. The maximum absolute atomic E-state index is 6.78. The van der Waals surface area contributed by atoms with E-state index < -0.39 is 0 Å². The van der Waals surface area contributed by atoms with E-state index >= 15 is 0 Å². The predicted octanol–water partition coefficient (Wildman–Crippen LogP) is 5.33. The number of hydrogen-bond acceptors (Lipinski definition) is 1. The summed E-state index contributed by atoms with van der Waals surface area (Å²) in [6, 6.07) is 12.8. The Bertz CT molecular complexity index is 608. The molecule has 0 spiro atoms. The minimum Gasteiger partial charge on any atom is -0.300 e. The van der Waals surface area contributed by atoms with Gasteiger partial charge in [-0.3, -0.25) is 0 Å². The Morgan fingerprint density at radius 1 is 0.955 bits per heavy atom. The molecule has 118 valence electrons. The molecule has 0 radical (unpaired) electrons. The van der Waals surface area contributed by atoms with Crippen molar-refractivity contribution in [2.75, 3.05) is 13.6 Å². The first kappa shape index (κ1) is 17.1. The Labute approximate surface area is 139 Å². The minimum atomic E-state index is 0.0207. The van der Waals surface area contributed by atoms with Crippen molar-refractivity contribution in [1.82, 2.24) is 4.90 Å². The lowest BCUT2D eigenvalue weighted by atomic mass is 9.92. The topological polar surface area (TPSA) is 3.24 Å². The number of halogens is 1. The lowest BCUT2D eigenvalue weighted by Gasteiger charge is -2.24. The average Bonchev–Trinajstić information content (AvgIpc) is 2.46. The molecule has 0 aliphatic carbocycles. The molecular formula is C20H26ClN. The molecular weight excluding hydrogens is 290 g/mol. The van der Waals surface area contributed by atoms with Crippen LogP contribution in [0.15, 0.2) is 36.4 Å². The molecule has 0 N–H and O–H groups in total. The summed E-state index contributed by atoms with van der Waals surface area (Å²) in [4.78, 5) is 2.30. The van der Waals surface area contributed by atoms with Crippen LogP contribution in [-0.2, 0) is 6.54 Å². The summed E-state index contributed by atoms with van der Waals surface area (Å²) in [6.07, 6.45) is 0. The smallest absolute Gasteiger partial charge is 0.0717 e. The summed E-state index contributed by atoms with van der Waals surface area (Å²) in [7, 11) is 2.13. The van der Waals surface area contributed by atoms with Crippen LogP contribution in [0.1, 0.15) is 38.8 Å². The molecule has 0 saturated heterocycles. The molecule has 1 atom stereocenters. The van der Waals surface area contributed by atoms with Gasteiger partial charge in [-0.15, -0.1) is 11.6 Å². The van der Waals surface area contributed by atoms with Crippen LogP contribution in [0.3, 0.4) is 0 Å². The standard InChI is InChI=1S/C20H26ClN/c1-14-11-15(2)17(4)20(16(14)3)19(21)13-22(5)12-18-9-7-6-8-10-18/h6-11,19H,12-13H2,1-5H3. The minimum absolute atomic E-state index is 0.0207. The van der Waals surface area contributed by atoms with Gasteiger partial charge >= 0.3 is 0 Å². The maximum Gasteiger partial charge on any atom is 0.0717 e. The molecule has 2 aromatic rings. The van der Waals surface area contributed by atoms with Crippen LogP contribution < -0.4 is 0 Å². The Hall–Kier alpha value is -1.31. The van der Waals surface area contributed by atoms with Crippen molar-refractivity contribution in [2.24, 2.45) is 0 Å². The van der Waals surface area contributed by atoms with Crippen molar-refractivity contribution < 1.29 is 0 Å². The number of nitrogens with zero attached hydrogens (tertiary/aromatic N) is 1. The molecule has 1 nitrogen and oxygen atoms in total. The van der Waals surface area contributed by atoms with E-state index in [4.69, 9.17) is 11.6 Å². The van der Waals surface area contributed by atoms with E-state index in [1.54, 1.807) is 0 Å². The molecule has 0 aromatic heterocycles. The van der Waals surface area contributed by atoms with E-state index in [0.29, 0.717) is 0 Å². The van der Waals surface area contributed by atoms with Crippen LogP contribution in [0.25, 0.3) is 0 Å². The lowest BCUT2D eigenvalue weighted by Crippen LogP contribution is -2.23. The molecule has 0 saturated carbocycles. The number of likely N-dealkylation sites (N-methyl/N-ethyl adjacent to an activating group) is 1. The van der Waals surface area contributed by atoms with Crippen molar-refractivity contribution in [2.45, 2.75) is 39.6 Å². The van der Waals surface area contributed by atoms with Crippen molar-refractivity contribution in [3.8, 4) is 0 Å². The molecule has 2 heteroatoms. The van der Waals surface area contributed by atoms with Gasteiger partial charge in [-0.2, -0.15) is 0 Å². The predicted molar refractivity (Wildman–Crippen MR) is 96.8 cm³/mol. The maximum atomic E-state index is 6.78. The third-order valence-electron chi connectivity index (χ3n) is 4.50. The van der Waals surface area contributed by atoms with Gasteiger partial charge in [0.15, 0.2) is 0 Å². The summed E-state index contributed by atoms with van der Waals surface area (Å²) in [5, 5.41) is 0.0207. The fraction of sp³-hybridized carbons (Fsp3) is 0.400. The zero-order chi connectivity index (χ0) is 16.3. The Morgan fingerprint density at radius 2 is 1.50 bits per heavy atom. The fourth-order valence-electron chi connectivity index (χ4n) is 3.04. The molecule has 0 aliphatic rings. The van der Waals surface area contributed by atoms with Crippen molar-refractivity contribution >= 4 is 11.6 Å². The summed E-state index contributed by atoms with van der Waals surface area (Å²) >= 11 is 6.78. The third-order valence-corrected chi connectivity index (χ3v) is 4.86. The van der Waals surface area contributed by atoms with Crippen molar-refractivity contribution in [1.29, 1.82) is 0 Å². The molecule has 0 fully saturated rings. The summed E-state index contributed by atoms with van der Waals surface area (Å²) in [6.45, 7) is 10.5. The highest BCUT2D eigenvalue weighted by Crippen LogP contribution is 2.31. The first-order valence-corrected chi connectivity index (χ1v) is 8.27. The second kappa shape index (κ2) is 7.30.